The van der Waals surface area contributed by atoms with E-state index in [2.05, 4.69) is 4.98 Å². The average molecular weight is 271 g/mol. The summed E-state index contributed by atoms with van der Waals surface area (Å²) in [5.74, 6) is 0.470. The van der Waals surface area contributed by atoms with Crippen LogP contribution in [0.25, 0.3) is 0 Å². The largest absolute Gasteiger partial charge is 0.456 e. The van der Waals surface area contributed by atoms with Gasteiger partial charge < -0.3 is 16.2 Å². The topological polar surface area (TPSA) is 91.2 Å². The van der Waals surface area contributed by atoms with Gasteiger partial charge in [0, 0.05) is 18.3 Å². The van der Waals surface area contributed by atoms with Crippen LogP contribution < -0.4 is 16.2 Å². The third kappa shape index (κ3) is 2.95. The van der Waals surface area contributed by atoms with E-state index in [0.717, 1.165) is 11.3 Å². The van der Waals surface area contributed by atoms with Gasteiger partial charge in [0.1, 0.15) is 17.1 Å². The van der Waals surface area contributed by atoms with E-state index in [9.17, 15) is 4.79 Å². The van der Waals surface area contributed by atoms with Gasteiger partial charge in [0.15, 0.2) is 0 Å². The van der Waals surface area contributed by atoms with Crippen LogP contribution in [0.2, 0.25) is 0 Å². The van der Waals surface area contributed by atoms with Crippen molar-refractivity contribution in [3.63, 3.8) is 0 Å². The van der Waals surface area contributed by atoms with Gasteiger partial charge in [-0.1, -0.05) is 12.1 Å². The summed E-state index contributed by atoms with van der Waals surface area (Å²) in [7, 11) is 0. The van der Waals surface area contributed by atoms with E-state index in [4.69, 9.17) is 16.2 Å². The zero-order valence-electron chi connectivity index (χ0n) is 11.5. The zero-order chi connectivity index (χ0) is 14.7. The Morgan fingerprint density at radius 1 is 1.30 bits per heavy atom. The third-order valence-corrected chi connectivity index (χ3v) is 2.90. The van der Waals surface area contributed by atoms with Crippen LogP contribution in [0, 0.1) is 13.8 Å². The highest BCUT2D eigenvalue weighted by Crippen LogP contribution is 2.28. The second kappa shape index (κ2) is 5.71. The molecule has 0 saturated carbocycles. The van der Waals surface area contributed by atoms with E-state index in [0.29, 0.717) is 29.3 Å². The Kier molecular flexibility index (Phi) is 4.00. The molecule has 0 spiro atoms. The Morgan fingerprint density at radius 3 is 2.70 bits per heavy atom. The van der Waals surface area contributed by atoms with Crippen LogP contribution >= 0.6 is 0 Å². The maximum absolute atomic E-state index is 11.5. The Bertz CT molecular complexity index is 654. The number of nitrogens with zero attached hydrogens (tertiary/aromatic N) is 1. The Balaban J connectivity index is 2.44. The molecule has 4 N–H and O–H groups in total. The summed E-state index contributed by atoms with van der Waals surface area (Å²) >= 11 is 0. The monoisotopic (exact) mass is 271 g/mol. The number of hydrogen-bond donors (Lipinski definition) is 2. The van der Waals surface area contributed by atoms with Gasteiger partial charge in [0.05, 0.1) is 5.69 Å². The summed E-state index contributed by atoms with van der Waals surface area (Å²) in [4.78, 5) is 15.8. The second-order valence-corrected chi connectivity index (χ2v) is 4.54. The van der Waals surface area contributed by atoms with Crippen LogP contribution in [0.15, 0.2) is 30.3 Å². The fraction of sp³-hybridized carbons (Fsp3) is 0.200. The first-order valence-electron chi connectivity index (χ1n) is 6.26. The molecule has 2 aromatic rings. The van der Waals surface area contributed by atoms with Gasteiger partial charge >= 0.3 is 0 Å². The Morgan fingerprint density at radius 2 is 2.05 bits per heavy atom. The van der Waals surface area contributed by atoms with E-state index in [1.54, 1.807) is 19.1 Å². The van der Waals surface area contributed by atoms with Crippen molar-refractivity contribution in [1.29, 1.82) is 0 Å². The van der Waals surface area contributed by atoms with E-state index in [1.807, 2.05) is 25.1 Å². The van der Waals surface area contributed by atoms with Crippen molar-refractivity contribution in [2.75, 3.05) is 0 Å². The summed E-state index contributed by atoms with van der Waals surface area (Å²) in [5, 5.41) is 0. The molecule has 1 amide bonds. The van der Waals surface area contributed by atoms with Crippen LogP contribution in [-0.4, -0.2) is 10.9 Å². The summed E-state index contributed by atoms with van der Waals surface area (Å²) in [6.07, 6.45) is 0. The molecule has 0 saturated heterocycles. The number of benzene rings is 1. The lowest BCUT2D eigenvalue weighted by Gasteiger charge is -2.12. The number of amides is 1. The van der Waals surface area contributed by atoms with Crippen molar-refractivity contribution < 1.29 is 9.53 Å². The first-order valence-corrected chi connectivity index (χ1v) is 6.26. The first kappa shape index (κ1) is 14.0. The van der Waals surface area contributed by atoms with Gasteiger partial charge in [0.2, 0.25) is 0 Å². The first-order chi connectivity index (χ1) is 9.51. The van der Waals surface area contributed by atoms with Crippen molar-refractivity contribution in [3.8, 4) is 11.5 Å². The molecule has 2 rings (SSSR count). The second-order valence-electron chi connectivity index (χ2n) is 4.54. The summed E-state index contributed by atoms with van der Waals surface area (Å²) in [6, 6.07) is 9.08. The highest BCUT2D eigenvalue weighted by atomic mass is 16.5. The highest BCUT2D eigenvalue weighted by molar-refractivity contribution is 5.96. The highest BCUT2D eigenvalue weighted by Gasteiger charge is 2.15. The smallest absolute Gasteiger partial charge is 0.254 e. The van der Waals surface area contributed by atoms with E-state index in [-0.39, 0.29) is 0 Å². The van der Waals surface area contributed by atoms with Gasteiger partial charge in [-0.15, -0.1) is 0 Å². The predicted octanol–water partition coefficient (Wildman–Crippen LogP) is 2.05. The fourth-order valence-corrected chi connectivity index (χ4v) is 2.04. The maximum atomic E-state index is 11.5. The molecule has 20 heavy (non-hydrogen) atoms. The van der Waals surface area contributed by atoms with Crippen molar-refractivity contribution in [3.05, 3.63) is 52.8 Å². The molecular weight excluding hydrogens is 254 g/mol. The average Bonchev–Trinajstić information content (AvgIpc) is 2.37. The van der Waals surface area contributed by atoms with Crippen molar-refractivity contribution >= 4 is 5.91 Å². The van der Waals surface area contributed by atoms with Crippen molar-refractivity contribution in [1.82, 2.24) is 4.98 Å². The molecule has 5 nitrogen and oxygen atoms in total. The Labute approximate surface area is 117 Å². The Hall–Kier alpha value is -2.40. The number of primary amides is 1. The lowest BCUT2D eigenvalue weighted by Crippen LogP contribution is -2.15. The molecule has 1 aromatic heterocycles. The summed E-state index contributed by atoms with van der Waals surface area (Å²) in [6.45, 7) is 3.99. The molecule has 0 fully saturated rings. The predicted molar refractivity (Wildman–Crippen MR) is 76.6 cm³/mol. The van der Waals surface area contributed by atoms with E-state index >= 15 is 0 Å². The minimum absolute atomic E-state index is 0.300. The van der Waals surface area contributed by atoms with Crippen molar-refractivity contribution in [2.45, 2.75) is 20.4 Å². The summed E-state index contributed by atoms with van der Waals surface area (Å²) < 4.78 is 5.78. The van der Waals surface area contributed by atoms with E-state index in [1.165, 1.54) is 0 Å². The molecule has 0 unspecified atom stereocenters. The minimum Gasteiger partial charge on any atom is -0.456 e. The number of nitrogens with two attached hydrogens (primary N) is 2. The molecule has 0 aliphatic carbocycles. The number of ether oxygens (including phenoxy) is 1. The third-order valence-electron chi connectivity index (χ3n) is 2.90. The molecule has 0 aliphatic heterocycles. The standard InChI is InChI=1S/C15H17N3O2/c1-9-6-13(14(15(17)19)10(2)18-9)20-12-5-3-4-11(7-12)8-16/h3-7H,8,16H2,1-2H3,(H2,17,19). The number of aryl methyl sites for hydroxylation is 2. The zero-order valence-corrected chi connectivity index (χ0v) is 11.5. The van der Waals surface area contributed by atoms with Crippen LogP contribution in [0.5, 0.6) is 11.5 Å². The van der Waals surface area contributed by atoms with Gasteiger partial charge in [-0.3, -0.25) is 9.78 Å². The number of carbonyl (C=O) groups excluding carboxylic acids is 1. The molecule has 0 bridgehead atoms. The molecule has 104 valence electrons. The van der Waals surface area contributed by atoms with Crippen LogP contribution in [0.4, 0.5) is 0 Å². The molecule has 0 atom stereocenters. The summed E-state index contributed by atoms with van der Waals surface area (Å²) in [5.41, 5.74) is 13.6. The number of hydrogen-bond acceptors (Lipinski definition) is 4. The van der Waals surface area contributed by atoms with Gasteiger partial charge in [-0.2, -0.15) is 0 Å². The fourth-order valence-electron chi connectivity index (χ4n) is 2.04. The molecule has 5 heteroatoms. The van der Waals surface area contributed by atoms with Crippen LogP contribution in [-0.2, 0) is 6.54 Å². The van der Waals surface area contributed by atoms with E-state index < -0.39 is 5.91 Å². The van der Waals surface area contributed by atoms with Crippen LogP contribution in [0.1, 0.15) is 27.3 Å². The van der Waals surface area contributed by atoms with Crippen LogP contribution in [0.3, 0.4) is 0 Å². The number of rotatable bonds is 4. The van der Waals surface area contributed by atoms with Gasteiger partial charge in [0.25, 0.3) is 5.91 Å². The molecule has 0 aliphatic rings. The molecule has 0 radical (unpaired) electrons. The molecule has 1 aromatic carbocycles. The van der Waals surface area contributed by atoms with Gasteiger partial charge in [-0.05, 0) is 31.5 Å². The minimum atomic E-state index is -0.556. The lowest BCUT2D eigenvalue weighted by molar-refractivity contribution is 0.0997. The molecular formula is C15H17N3O2. The number of pyridine rings is 1. The van der Waals surface area contributed by atoms with Gasteiger partial charge in [-0.25, -0.2) is 0 Å². The quantitative estimate of drug-likeness (QED) is 0.890. The maximum Gasteiger partial charge on any atom is 0.254 e. The number of aromatic nitrogens is 1. The lowest BCUT2D eigenvalue weighted by atomic mass is 10.1. The SMILES string of the molecule is Cc1cc(Oc2cccc(CN)c2)c(C(N)=O)c(C)n1. The number of carbonyl (C=O) groups is 1. The van der Waals surface area contributed by atoms with Crippen molar-refractivity contribution in [2.24, 2.45) is 11.5 Å². The normalized spacial score (nSPS) is 10.3. The molecule has 1 heterocycles.